The molecule has 1 fully saturated rings. The molecule has 1 rings (SSSR count). The van der Waals surface area contributed by atoms with Crippen LogP contribution in [0.15, 0.2) is 11.1 Å². The molecule has 0 bridgehead atoms. The number of piperazine rings is 1. The fourth-order valence-corrected chi connectivity index (χ4v) is 1.93. The summed E-state index contributed by atoms with van der Waals surface area (Å²) in [5.74, 6) is -0.166. The fraction of sp³-hybridized carbons (Fsp3) is 0.636. The molecule has 1 unspecified atom stereocenters. The lowest BCUT2D eigenvalue weighted by Gasteiger charge is -2.38. The predicted molar refractivity (Wildman–Crippen MR) is 66.0 cm³/mol. The SMILES string of the molecule is C=C(Br)CN1CC(=O)NC(C(C)(C)C)C1=O. The van der Waals surface area contributed by atoms with Crippen LogP contribution in [0.5, 0.6) is 0 Å². The van der Waals surface area contributed by atoms with E-state index in [2.05, 4.69) is 27.8 Å². The Morgan fingerprint density at radius 3 is 2.56 bits per heavy atom. The summed E-state index contributed by atoms with van der Waals surface area (Å²) >= 11 is 3.21. The number of hydrogen-bond donors (Lipinski definition) is 1. The van der Waals surface area contributed by atoms with Gasteiger partial charge in [0.2, 0.25) is 11.8 Å². The molecule has 1 atom stereocenters. The third-order valence-electron chi connectivity index (χ3n) is 2.43. The van der Waals surface area contributed by atoms with E-state index >= 15 is 0 Å². The van der Waals surface area contributed by atoms with E-state index in [1.807, 2.05) is 20.8 Å². The third-order valence-corrected chi connectivity index (χ3v) is 2.68. The Balaban J connectivity index is 2.86. The van der Waals surface area contributed by atoms with E-state index in [4.69, 9.17) is 0 Å². The highest BCUT2D eigenvalue weighted by molar-refractivity contribution is 9.11. The molecule has 16 heavy (non-hydrogen) atoms. The van der Waals surface area contributed by atoms with Crippen molar-refractivity contribution in [1.29, 1.82) is 0 Å². The van der Waals surface area contributed by atoms with Crippen molar-refractivity contribution in [2.75, 3.05) is 13.1 Å². The molecule has 0 aromatic heterocycles. The van der Waals surface area contributed by atoms with E-state index in [9.17, 15) is 9.59 Å². The van der Waals surface area contributed by atoms with Gasteiger partial charge in [0, 0.05) is 4.48 Å². The van der Waals surface area contributed by atoms with Gasteiger partial charge in [-0.2, -0.15) is 0 Å². The minimum Gasteiger partial charge on any atom is -0.342 e. The average Bonchev–Trinajstić information content (AvgIpc) is 2.07. The first kappa shape index (κ1) is 13.2. The van der Waals surface area contributed by atoms with Gasteiger partial charge in [0.05, 0.1) is 13.1 Å². The molecule has 0 aromatic rings. The monoisotopic (exact) mass is 288 g/mol. The number of hydrogen-bond acceptors (Lipinski definition) is 2. The van der Waals surface area contributed by atoms with Crippen LogP contribution in [-0.4, -0.2) is 35.8 Å². The zero-order valence-electron chi connectivity index (χ0n) is 9.84. The molecule has 0 spiro atoms. The molecule has 1 aliphatic heterocycles. The van der Waals surface area contributed by atoms with E-state index in [0.29, 0.717) is 11.0 Å². The van der Waals surface area contributed by atoms with Crippen LogP contribution in [0.25, 0.3) is 0 Å². The average molecular weight is 289 g/mol. The largest absolute Gasteiger partial charge is 0.342 e. The predicted octanol–water partition coefficient (Wildman–Crippen LogP) is 1.27. The first-order valence-corrected chi connectivity index (χ1v) is 5.92. The Labute approximate surface area is 104 Å². The number of rotatable bonds is 2. The van der Waals surface area contributed by atoms with E-state index in [1.165, 1.54) is 4.90 Å². The summed E-state index contributed by atoms with van der Waals surface area (Å²) in [5, 5.41) is 2.73. The van der Waals surface area contributed by atoms with Crippen LogP contribution in [0.3, 0.4) is 0 Å². The smallest absolute Gasteiger partial charge is 0.246 e. The molecule has 1 aliphatic rings. The van der Waals surface area contributed by atoms with Crippen molar-refractivity contribution < 1.29 is 9.59 Å². The summed E-state index contributed by atoms with van der Waals surface area (Å²) in [4.78, 5) is 25.1. The van der Waals surface area contributed by atoms with Gasteiger partial charge in [0.15, 0.2) is 0 Å². The normalized spacial score (nSPS) is 22.0. The Kier molecular flexibility index (Phi) is 3.78. The Morgan fingerprint density at radius 2 is 2.12 bits per heavy atom. The van der Waals surface area contributed by atoms with Crippen molar-refractivity contribution in [3.05, 3.63) is 11.1 Å². The van der Waals surface area contributed by atoms with Gasteiger partial charge < -0.3 is 10.2 Å². The topological polar surface area (TPSA) is 49.4 Å². The summed E-state index contributed by atoms with van der Waals surface area (Å²) in [6, 6.07) is -0.458. The van der Waals surface area contributed by atoms with Gasteiger partial charge in [-0.1, -0.05) is 43.3 Å². The second kappa shape index (κ2) is 4.57. The number of carbonyl (C=O) groups excluding carboxylic acids is 2. The van der Waals surface area contributed by atoms with Crippen LogP contribution < -0.4 is 5.32 Å². The lowest BCUT2D eigenvalue weighted by Crippen LogP contribution is -2.62. The number of nitrogens with one attached hydrogen (secondary N) is 1. The number of nitrogens with zero attached hydrogens (tertiary/aromatic N) is 1. The van der Waals surface area contributed by atoms with E-state index in [-0.39, 0.29) is 23.8 Å². The molecule has 0 aliphatic carbocycles. The minimum absolute atomic E-state index is 0.0484. The highest BCUT2D eigenvalue weighted by Crippen LogP contribution is 2.23. The zero-order valence-corrected chi connectivity index (χ0v) is 11.4. The lowest BCUT2D eigenvalue weighted by atomic mass is 9.85. The molecule has 90 valence electrons. The first-order chi connectivity index (χ1) is 7.21. The molecule has 0 radical (unpaired) electrons. The standard InChI is InChI=1S/C11H17BrN2O2/c1-7(12)5-14-6-8(15)13-9(10(14)16)11(2,3)4/h9H,1,5-6H2,2-4H3,(H,13,15). The van der Waals surface area contributed by atoms with Crippen LogP contribution in [0.4, 0.5) is 0 Å². The molecule has 5 heteroatoms. The maximum atomic E-state index is 12.1. The van der Waals surface area contributed by atoms with Crippen molar-refractivity contribution in [2.24, 2.45) is 5.41 Å². The van der Waals surface area contributed by atoms with E-state index < -0.39 is 6.04 Å². The van der Waals surface area contributed by atoms with Crippen molar-refractivity contribution in [3.63, 3.8) is 0 Å². The fourth-order valence-electron chi connectivity index (χ4n) is 1.63. The van der Waals surface area contributed by atoms with E-state index in [0.717, 1.165) is 0 Å². The van der Waals surface area contributed by atoms with Crippen LogP contribution in [-0.2, 0) is 9.59 Å². The lowest BCUT2D eigenvalue weighted by molar-refractivity contribution is -0.146. The van der Waals surface area contributed by atoms with Gasteiger partial charge in [0.1, 0.15) is 6.04 Å². The van der Waals surface area contributed by atoms with Crippen molar-refractivity contribution in [2.45, 2.75) is 26.8 Å². The van der Waals surface area contributed by atoms with Gasteiger partial charge in [-0.3, -0.25) is 9.59 Å². The zero-order chi connectivity index (χ0) is 12.5. The summed E-state index contributed by atoms with van der Waals surface area (Å²) < 4.78 is 0.697. The van der Waals surface area contributed by atoms with Crippen LogP contribution in [0.2, 0.25) is 0 Å². The van der Waals surface area contributed by atoms with Crippen molar-refractivity contribution in [1.82, 2.24) is 10.2 Å². The Hall–Kier alpha value is -0.840. The second-order valence-electron chi connectivity index (χ2n) is 5.08. The summed E-state index contributed by atoms with van der Waals surface area (Å²) in [6.45, 7) is 9.97. The van der Waals surface area contributed by atoms with Crippen LogP contribution >= 0.6 is 15.9 Å². The maximum absolute atomic E-state index is 12.1. The highest BCUT2D eigenvalue weighted by Gasteiger charge is 2.39. The summed E-state index contributed by atoms with van der Waals surface area (Å²) in [7, 11) is 0. The van der Waals surface area contributed by atoms with Gasteiger partial charge in [-0.25, -0.2) is 0 Å². The van der Waals surface area contributed by atoms with Crippen molar-refractivity contribution >= 4 is 27.7 Å². The van der Waals surface area contributed by atoms with Crippen LogP contribution in [0.1, 0.15) is 20.8 Å². The molecule has 1 saturated heterocycles. The summed E-state index contributed by atoms with van der Waals surface area (Å²) in [6.07, 6.45) is 0. The Bertz CT molecular complexity index is 331. The maximum Gasteiger partial charge on any atom is 0.246 e. The molecule has 4 nitrogen and oxygen atoms in total. The summed E-state index contributed by atoms with van der Waals surface area (Å²) in [5.41, 5.74) is -0.279. The minimum atomic E-state index is -0.458. The molecule has 1 N–H and O–H groups in total. The molecule has 2 amide bonds. The molecule has 1 heterocycles. The molecule has 0 saturated carbocycles. The van der Waals surface area contributed by atoms with Gasteiger partial charge in [-0.15, -0.1) is 0 Å². The van der Waals surface area contributed by atoms with Crippen LogP contribution in [0, 0.1) is 5.41 Å². The molecular weight excluding hydrogens is 272 g/mol. The molecular formula is C11H17BrN2O2. The second-order valence-corrected chi connectivity index (χ2v) is 6.20. The highest BCUT2D eigenvalue weighted by atomic mass is 79.9. The van der Waals surface area contributed by atoms with Gasteiger partial charge >= 0.3 is 0 Å². The quantitative estimate of drug-likeness (QED) is 0.832. The number of halogens is 1. The van der Waals surface area contributed by atoms with Gasteiger partial charge in [0.25, 0.3) is 0 Å². The molecule has 0 aromatic carbocycles. The van der Waals surface area contributed by atoms with Crippen molar-refractivity contribution in [3.8, 4) is 0 Å². The van der Waals surface area contributed by atoms with Gasteiger partial charge in [-0.05, 0) is 5.41 Å². The van der Waals surface area contributed by atoms with E-state index in [1.54, 1.807) is 0 Å². The first-order valence-electron chi connectivity index (χ1n) is 5.13. The number of amides is 2. The number of carbonyl (C=O) groups is 2. The third kappa shape index (κ3) is 3.07. The Morgan fingerprint density at radius 1 is 1.56 bits per heavy atom.